The Morgan fingerprint density at radius 1 is 0.509 bits per heavy atom. The molecule has 0 saturated heterocycles. The fraction of sp³-hybridized carbons (Fsp3) is 0.566. The minimum absolute atomic E-state index is 0.0474. The largest absolute Gasteiger partial charge is 0.461 e. The van der Waals surface area contributed by atoms with Gasteiger partial charge in [0.05, 0.1) is 81.5 Å². The van der Waals surface area contributed by atoms with Crippen LogP contribution in [0.5, 0.6) is 0 Å². The Morgan fingerprint density at radius 3 is 1.54 bits per heavy atom. The highest BCUT2D eigenvalue weighted by molar-refractivity contribution is 6.09. The number of carbonyl (C=O) groups excluding carboxylic acids is 8. The molecule has 2 aliphatic heterocycles. The number of ketones is 2. The molecule has 4 aromatic carbocycles. The average Bonchev–Trinajstić information content (AvgIpc) is 1.51. The van der Waals surface area contributed by atoms with Gasteiger partial charge in [0, 0.05) is 86.1 Å². The van der Waals surface area contributed by atoms with Crippen molar-refractivity contribution in [2.75, 3.05) is 83.4 Å². The number of alkyl carbamates (subject to hydrolysis) is 1. The second-order valence-corrected chi connectivity index (χ2v) is 31.6. The van der Waals surface area contributed by atoms with Crippen molar-refractivity contribution < 1.29 is 80.9 Å². The van der Waals surface area contributed by atoms with E-state index in [2.05, 4.69) is 31.5 Å². The van der Waals surface area contributed by atoms with Crippen LogP contribution >= 0.6 is 0 Å². The Morgan fingerprint density at radius 2 is 1.00 bits per heavy atom. The number of rotatable bonds is 39. The van der Waals surface area contributed by atoms with Crippen molar-refractivity contribution in [3.63, 3.8) is 0 Å². The minimum Gasteiger partial charge on any atom is -0.461 e. The van der Waals surface area contributed by atoms with Crippen LogP contribution in [0.1, 0.15) is 184 Å². The Bertz CT molecular complexity index is 3990. The van der Waals surface area contributed by atoms with E-state index in [-0.39, 0.29) is 117 Å². The topological polar surface area (TPSA) is 316 Å². The summed E-state index contributed by atoms with van der Waals surface area (Å²) in [6.07, 6.45) is 5.52. The number of aromatic nitrogens is 6. The molecule has 6 aromatic rings. The number of carbonyl (C=O) groups is 8. The number of hydrogen-bond acceptors (Lipinski definition) is 21. The van der Waals surface area contributed by atoms with Crippen molar-refractivity contribution in [1.29, 1.82) is 0 Å². The van der Waals surface area contributed by atoms with Crippen molar-refractivity contribution in [3.05, 3.63) is 108 Å². The Balaban J connectivity index is 0.000000306. The number of nitrogens with zero attached hydrogens (tertiary/aromatic N) is 7. The van der Waals surface area contributed by atoms with Gasteiger partial charge in [-0.1, -0.05) is 96.1 Å². The number of ether oxygens (including phenoxy) is 8. The molecule has 110 heavy (non-hydrogen) atoms. The Hall–Kier alpha value is -9.12. The molecule has 0 saturated carbocycles. The summed E-state index contributed by atoms with van der Waals surface area (Å²) in [5.74, 6) is -1.72. The summed E-state index contributed by atoms with van der Waals surface area (Å²) in [6.45, 7) is 27.6. The number of methoxy groups -OCH3 is 2. The maximum absolute atomic E-state index is 13.8. The molecule has 0 aliphatic carbocycles. The van der Waals surface area contributed by atoms with Crippen LogP contribution in [0.15, 0.2) is 97.1 Å². The van der Waals surface area contributed by atoms with Crippen molar-refractivity contribution in [2.24, 2.45) is 0 Å². The lowest BCUT2D eigenvalue weighted by Gasteiger charge is -2.30. The number of aromatic amines is 1. The van der Waals surface area contributed by atoms with E-state index in [0.717, 1.165) is 57.7 Å². The van der Waals surface area contributed by atoms with Crippen molar-refractivity contribution >= 4 is 58.8 Å². The molecule has 0 fully saturated rings. The van der Waals surface area contributed by atoms with E-state index in [0.29, 0.717) is 120 Å². The molecule has 27 nitrogen and oxygen atoms in total. The maximum atomic E-state index is 13.8. The standard InChI is InChI=1S/C42H59N5O8.C41H58N6O8/c1-41(2,3)43-34(40(51)55-42(4,5)6)20-9-8-10-22-37(50)54-25-23-47-39-33-19-13-14-21-35(33)46(29-30-16-11-12-18-32(30)38(39)44-45-47)36(49)28-31(48)17-15-24-53-27-26-52-7;1-40(2,3)43-33(38(50)55-41(4,5)6)19-12-13-21-42-39(51)54-24-22-47-37-31-17-9-8-15-29(31)28-46(34-20-11-10-18-32(34)36(37)44-45-47)35(49)27-30(48)16-14-23-53-26-25-52-7/h11-14,16,18-19,21,34,43H,8-10,15,17,20,22-29H2,1-7H3;8-11,15,17-18,20,33,43H,12-14,16,19,21-28H2,1-7H3,(H,42,51)/p+1. The third-order valence-electron chi connectivity index (χ3n) is 17.5. The normalized spacial score (nSPS) is 13.1. The van der Waals surface area contributed by atoms with Crippen LogP contribution in [-0.4, -0.2) is 181 Å². The molecule has 27 heteroatoms. The predicted molar refractivity (Wildman–Crippen MR) is 418 cm³/mol. The highest BCUT2D eigenvalue weighted by atomic mass is 16.6. The van der Waals surface area contributed by atoms with Crippen molar-refractivity contribution in [1.82, 2.24) is 41.3 Å². The van der Waals surface area contributed by atoms with Crippen molar-refractivity contribution in [2.45, 2.75) is 234 Å². The Labute approximate surface area is 648 Å². The number of unbranched alkanes of at least 4 members (excludes halogenated alkanes) is 3. The first kappa shape index (κ1) is 88.1. The molecule has 2 aliphatic rings. The van der Waals surface area contributed by atoms with E-state index >= 15 is 0 Å². The van der Waals surface area contributed by atoms with Gasteiger partial charge in [-0.25, -0.2) is 9.48 Å². The summed E-state index contributed by atoms with van der Waals surface area (Å²) in [6, 6.07) is 29.7. The van der Waals surface area contributed by atoms with Gasteiger partial charge in [0.2, 0.25) is 17.5 Å². The number of amides is 3. The fourth-order valence-corrected chi connectivity index (χ4v) is 12.7. The van der Waals surface area contributed by atoms with Gasteiger partial charge in [0.25, 0.3) is 5.69 Å². The van der Waals surface area contributed by atoms with Gasteiger partial charge in [-0.15, -0.1) is 5.10 Å². The molecule has 4 heterocycles. The third kappa shape index (κ3) is 29.0. The molecule has 2 aromatic heterocycles. The summed E-state index contributed by atoms with van der Waals surface area (Å²) in [5.41, 5.74) is 7.35. The van der Waals surface area contributed by atoms with Gasteiger partial charge in [0.1, 0.15) is 60.3 Å². The van der Waals surface area contributed by atoms with E-state index in [9.17, 15) is 38.4 Å². The van der Waals surface area contributed by atoms with Gasteiger partial charge in [-0.2, -0.15) is 4.68 Å². The zero-order valence-corrected chi connectivity index (χ0v) is 67.1. The zero-order chi connectivity index (χ0) is 80.0. The van der Waals surface area contributed by atoms with Gasteiger partial charge in [-0.3, -0.25) is 44.2 Å². The van der Waals surface area contributed by atoms with Crippen LogP contribution in [0.4, 0.5) is 16.2 Å². The number of hydrogen-bond donors (Lipinski definition) is 4. The van der Waals surface area contributed by atoms with E-state index in [4.69, 9.17) is 43.0 Å². The molecule has 2 unspecified atom stereocenters. The first-order valence-electron chi connectivity index (χ1n) is 38.5. The number of para-hydroxylation sites is 2. The van der Waals surface area contributed by atoms with E-state index in [1.54, 1.807) is 28.7 Å². The number of H-pyrrole nitrogens is 1. The number of esters is 3. The molecule has 4 N–H and O–H groups in total. The van der Waals surface area contributed by atoms with E-state index in [1.807, 2.05) is 185 Å². The average molecular weight is 1530 g/mol. The maximum Gasteiger partial charge on any atom is 0.407 e. The Kier molecular flexibility index (Phi) is 34.4. The molecule has 0 spiro atoms. The summed E-state index contributed by atoms with van der Waals surface area (Å²) < 4.78 is 46.9. The number of nitrogens with one attached hydrogen (secondary N) is 4. The second kappa shape index (κ2) is 42.9. The summed E-state index contributed by atoms with van der Waals surface area (Å²) in [5, 5.41) is 26.3. The summed E-state index contributed by atoms with van der Waals surface area (Å²) >= 11 is 0. The van der Waals surface area contributed by atoms with Crippen LogP contribution in [0.2, 0.25) is 0 Å². The van der Waals surface area contributed by atoms with Gasteiger partial charge in [-0.05, 0) is 163 Å². The lowest BCUT2D eigenvalue weighted by Crippen LogP contribution is -2.49. The molecule has 2 atom stereocenters. The van der Waals surface area contributed by atoms with Crippen LogP contribution in [0.3, 0.4) is 0 Å². The van der Waals surface area contributed by atoms with Gasteiger partial charge < -0.3 is 53.0 Å². The summed E-state index contributed by atoms with van der Waals surface area (Å²) in [4.78, 5) is 108. The van der Waals surface area contributed by atoms with Crippen molar-refractivity contribution in [3.8, 4) is 45.0 Å². The first-order valence-corrected chi connectivity index (χ1v) is 38.5. The number of fused-ring (bicyclic) bond motifs is 10. The molecule has 3 amide bonds. The zero-order valence-electron chi connectivity index (χ0n) is 67.1. The third-order valence-corrected chi connectivity index (χ3v) is 17.5. The molecule has 8 rings (SSSR count). The summed E-state index contributed by atoms with van der Waals surface area (Å²) in [7, 11) is 3.21. The molecular formula is C83H118N11O16+. The number of Topliss-reactive ketones (excluding diaryl/α,β-unsaturated/α-hetero) is 2. The van der Waals surface area contributed by atoms with Crippen LogP contribution < -0.4 is 30.4 Å². The number of benzene rings is 4. The van der Waals surface area contributed by atoms with Crippen LogP contribution in [0, 0.1) is 0 Å². The minimum atomic E-state index is -0.580. The van der Waals surface area contributed by atoms with E-state index < -0.39 is 29.4 Å². The highest BCUT2D eigenvalue weighted by Gasteiger charge is 2.36. The van der Waals surface area contributed by atoms with Gasteiger partial charge in [0.15, 0.2) is 0 Å². The SMILES string of the molecule is COCCOCCCC(=O)CC(=O)N1Cc2ccccc2-c2c(nnn2CCOC(=O)NCCCCC(NC(C)(C)C)C(=O)OC(C)(C)C)-c2ccccc21.COCCOCCCC(=O)CC(=O)N1Cc2ccccc2-c2n[nH][n+](CCOC(=O)CCCCCC(NC(C)(C)C)C(=O)OC(C)(C)C)c2-c2ccccc21. The quantitative estimate of drug-likeness (QED) is 0.00916. The fourth-order valence-electron chi connectivity index (χ4n) is 12.7. The van der Waals surface area contributed by atoms with Gasteiger partial charge >= 0.3 is 24.0 Å². The number of anilines is 2. The monoisotopic (exact) mass is 1520 g/mol. The lowest BCUT2D eigenvalue weighted by molar-refractivity contribution is -0.744. The molecule has 0 radical (unpaired) electrons. The molecule has 0 bridgehead atoms. The molecule has 600 valence electrons. The van der Waals surface area contributed by atoms with Crippen LogP contribution in [-0.2, 0) is 97.6 Å². The van der Waals surface area contributed by atoms with Crippen LogP contribution in [0.25, 0.3) is 45.0 Å². The van der Waals surface area contributed by atoms with E-state index in [1.165, 1.54) is 0 Å². The predicted octanol–water partition coefficient (Wildman–Crippen LogP) is 11.7. The first-order chi connectivity index (χ1) is 52.3. The lowest BCUT2D eigenvalue weighted by atomic mass is 9.95. The second-order valence-electron chi connectivity index (χ2n) is 31.6. The molecular weight excluding hydrogens is 1410 g/mol. The highest BCUT2D eigenvalue weighted by Crippen LogP contribution is 2.42. The smallest absolute Gasteiger partial charge is 0.407 e.